The van der Waals surface area contributed by atoms with E-state index in [1.165, 1.54) is 0 Å². The SMILES string of the molecule is CCOC(=O)C=NCCO. The number of rotatable bonds is 4. The highest BCUT2D eigenvalue weighted by Crippen LogP contribution is 1.73. The van der Waals surface area contributed by atoms with Crippen LogP contribution in [0.4, 0.5) is 0 Å². The molecule has 0 atom stereocenters. The van der Waals surface area contributed by atoms with Crippen LogP contribution in [0.2, 0.25) is 0 Å². The van der Waals surface area contributed by atoms with Crippen molar-refractivity contribution >= 4 is 12.2 Å². The van der Waals surface area contributed by atoms with E-state index in [-0.39, 0.29) is 13.2 Å². The molecule has 58 valence electrons. The van der Waals surface area contributed by atoms with Gasteiger partial charge >= 0.3 is 5.97 Å². The lowest BCUT2D eigenvalue weighted by Gasteiger charge is -1.92. The van der Waals surface area contributed by atoms with Crippen molar-refractivity contribution in [1.29, 1.82) is 0 Å². The van der Waals surface area contributed by atoms with Gasteiger partial charge in [0.15, 0.2) is 0 Å². The molecule has 10 heavy (non-hydrogen) atoms. The second-order valence-corrected chi connectivity index (χ2v) is 1.51. The van der Waals surface area contributed by atoms with Crippen LogP contribution in [0.15, 0.2) is 4.99 Å². The van der Waals surface area contributed by atoms with E-state index in [0.29, 0.717) is 6.61 Å². The van der Waals surface area contributed by atoms with Crippen LogP contribution in [0.1, 0.15) is 6.92 Å². The fraction of sp³-hybridized carbons (Fsp3) is 0.667. The molecule has 0 heterocycles. The highest BCUT2D eigenvalue weighted by molar-refractivity contribution is 6.23. The van der Waals surface area contributed by atoms with Crippen molar-refractivity contribution in [2.24, 2.45) is 4.99 Å². The zero-order chi connectivity index (χ0) is 7.82. The third kappa shape index (κ3) is 5.24. The Morgan fingerprint density at radius 1 is 1.80 bits per heavy atom. The number of nitrogens with zero attached hydrogens (tertiary/aromatic N) is 1. The van der Waals surface area contributed by atoms with Crippen molar-refractivity contribution in [3.05, 3.63) is 0 Å². The molecule has 0 bridgehead atoms. The smallest absolute Gasteiger partial charge is 0.348 e. The summed E-state index contributed by atoms with van der Waals surface area (Å²) >= 11 is 0. The van der Waals surface area contributed by atoms with Crippen molar-refractivity contribution in [2.45, 2.75) is 6.92 Å². The number of hydrogen-bond donors (Lipinski definition) is 1. The minimum Gasteiger partial charge on any atom is -0.462 e. The number of aliphatic hydroxyl groups is 1. The Bertz CT molecular complexity index is 122. The van der Waals surface area contributed by atoms with E-state index in [0.717, 1.165) is 6.21 Å². The van der Waals surface area contributed by atoms with Crippen molar-refractivity contribution in [2.75, 3.05) is 19.8 Å². The zero-order valence-electron chi connectivity index (χ0n) is 5.91. The molecule has 0 amide bonds. The fourth-order valence-corrected chi connectivity index (χ4v) is 0.376. The Morgan fingerprint density at radius 3 is 3.00 bits per heavy atom. The van der Waals surface area contributed by atoms with Crippen LogP contribution in [0.3, 0.4) is 0 Å². The summed E-state index contributed by atoms with van der Waals surface area (Å²) in [6.07, 6.45) is 1.07. The monoisotopic (exact) mass is 145 g/mol. The van der Waals surface area contributed by atoms with Crippen molar-refractivity contribution < 1.29 is 14.6 Å². The zero-order valence-corrected chi connectivity index (χ0v) is 5.91. The lowest BCUT2D eigenvalue weighted by Crippen LogP contribution is -2.05. The molecule has 0 spiro atoms. The summed E-state index contributed by atoms with van der Waals surface area (Å²) in [6, 6.07) is 0. The second-order valence-electron chi connectivity index (χ2n) is 1.51. The van der Waals surface area contributed by atoms with Gasteiger partial charge in [0, 0.05) is 0 Å². The van der Waals surface area contributed by atoms with Crippen molar-refractivity contribution in [1.82, 2.24) is 0 Å². The summed E-state index contributed by atoms with van der Waals surface area (Å²) < 4.78 is 4.52. The minimum atomic E-state index is -0.462. The summed E-state index contributed by atoms with van der Waals surface area (Å²) in [4.78, 5) is 14.0. The summed E-state index contributed by atoms with van der Waals surface area (Å²) in [5, 5.41) is 8.24. The summed E-state index contributed by atoms with van der Waals surface area (Å²) in [5.41, 5.74) is 0. The van der Waals surface area contributed by atoms with E-state index in [4.69, 9.17) is 5.11 Å². The maximum Gasteiger partial charge on any atom is 0.348 e. The quantitative estimate of drug-likeness (QED) is 0.433. The second kappa shape index (κ2) is 6.22. The molecule has 0 radical (unpaired) electrons. The molecule has 0 unspecified atom stereocenters. The highest BCUT2D eigenvalue weighted by atomic mass is 16.5. The summed E-state index contributed by atoms with van der Waals surface area (Å²) in [5.74, 6) is -0.462. The lowest BCUT2D eigenvalue weighted by atomic mass is 10.7. The first-order valence-corrected chi connectivity index (χ1v) is 3.08. The van der Waals surface area contributed by atoms with E-state index in [1.807, 2.05) is 0 Å². The third-order valence-electron chi connectivity index (χ3n) is 0.712. The molecule has 0 fully saturated rings. The number of esters is 1. The van der Waals surface area contributed by atoms with E-state index in [1.54, 1.807) is 6.92 Å². The largest absolute Gasteiger partial charge is 0.462 e. The first kappa shape index (κ1) is 9.10. The Labute approximate surface area is 59.5 Å². The van der Waals surface area contributed by atoms with Crippen LogP contribution in [0.5, 0.6) is 0 Å². The number of carbonyl (C=O) groups excluding carboxylic acids is 1. The van der Waals surface area contributed by atoms with Gasteiger partial charge in [-0.2, -0.15) is 0 Å². The molecular weight excluding hydrogens is 134 g/mol. The first-order chi connectivity index (χ1) is 4.81. The topological polar surface area (TPSA) is 58.9 Å². The van der Waals surface area contributed by atoms with Crippen molar-refractivity contribution in [3.63, 3.8) is 0 Å². The average molecular weight is 145 g/mol. The molecule has 0 aliphatic heterocycles. The van der Waals surface area contributed by atoms with E-state index >= 15 is 0 Å². The average Bonchev–Trinajstić information content (AvgIpc) is 1.89. The van der Waals surface area contributed by atoms with Crippen LogP contribution >= 0.6 is 0 Å². The Kier molecular flexibility index (Phi) is 5.66. The summed E-state index contributed by atoms with van der Waals surface area (Å²) in [7, 11) is 0. The molecule has 0 saturated heterocycles. The van der Waals surface area contributed by atoms with E-state index in [2.05, 4.69) is 9.73 Å². The Hall–Kier alpha value is -0.900. The van der Waals surface area contributed by atoms with Crippen LogP contribution in [0, 0.1) is 0 Å². The lowest BCUT2D eigenvalue weighted by molar-refractivity contribution is -0.134. The molecule has 0 aromatic carbocycles. The molecule has 0 saturated carbocycles. The van der Waals surface area contributed by atoms with Gasteiger partial charge in [0.25, 0.3) is 0 Å². The number of aliphatic imine (C=N–C) groups is 1. The Balaban J connectivity index is 3.36. The first-order valence-electron chi connectivity index (χ1n) is 3.08. The molecule has 0 aromatic heterocycles. The number of ether oxygens (including phenoxy) is 1. The molecule has 1 N–H and O–H groups in total. The van der Waals surface area contributed by atoms with Gasteiger partial charge in [0.1, 0.15) is 6.21 Å². The third-order valence-corrected chi connectivity index (χ3v) is 0.712. The van der Waals surface area contributed by atoms with Gasteiger partial charge in [-0.1, -0.05) is 0 Å². The van der Waals surface area contributed by atoms with Gasteiger partial charge in [0.2, 0.25) is 0 Å². The molecule has 0 aliphatic carbocycles. The van der Waals surface area contributed by atoms with E-state index < -0.39 is 5.97 Å². The predicted octanol–water partition coefficient (Wildman–Crippen LogP) is -0.387. The van der Waals surface area contributed by atoms with Crippen molar-refractivity contribution in [3.8, 4) is 0 Å². The number of hydrogen-bond acceptors (Lipinski definition) is 4. The van der Waals surface area contributed by atoms with Gasteiger partial charge in [0.05, 0.1) is 19.8 Å². The van der Waals surface area contributed by atoms with Crippen LogP contribution in [-0.2, 0) is 9.53 Å². The van der Waals surface area contributed by atoms with Gasteiger partial charge in [-0.05, 0) is 6.92 Å². The molecule has 4 nitrogen and oxygen atoms in total. The van der Waals surface area contributed by atoms with Crippen LogP contribution in [0.25, 0.3) is 0 Å². The minimum absolute atomic E-state index is 0.0457. The fourth-order valence-electron chi connectivity index (χ4n) is 0.376. The standard InChI is InChI=1S/C6H11NO3/c1-2-10-6(9)5-7-3-4-8/h5,8H,2-4H2,1H3. The normalized spacial score (nSPS) is 10.2. The number of carbonyl (C=O) groups is 1. The van der Waals surface area contributed by atoms with Crippen LogP contribution in [-0.4, -0.2) is 37.0 Å². The Morgan fingerprint density at radius 2 is 2.50 bits per heavy atom. The van der Waals surface area contributed by atoms with E-state index in [9.17, 15) is 4.79 Å². The molecule has 4 heteroatoms. The summed E-state index contributed by atoms with van der Waals surface area (Å²) in [6.45, 7) is 2.27. The van der Waals surface area contributed by atoms with Gasteiger partial charge in [-0.15, -0.1) is 0 Å². The van der Waals surface area contributed by atoms with Gasteiger partial charge in [-0.25, -0.2) is 4.79 Å². The number of aliphatic hydroxyl groups excluding tert-OH is 1. The maximum atomic E-state index is 10.5. The van der Waals surface area contributed by atoms with Gasteiger partial charge in [-0.3, -0.25) is 4.99 Å². The molecule has 0 aromatic rings. The van der Waals surface area contributed by atoms with Crippen LogP contribution < -0.4 is 0 Å². The highest BCUT2D eigenvalue weighted by Gasteiger charge is 1.91. The maximum absolute atomic E-state index is 10.5. The molecule has 0 rings (SSSR count). The predicted molar refractivity (Wildman–Crippen MR) is 37.1 cm³/mol. The van der Waals surface area contributed by atoms with Gasteiger partial charge < -0.3 is 9.84 Å². The molecule has 0 aliphatic rings. The molecular formula is C6H11NO3.